The van der Waals surface area contributed by atoms with Crippen LogP contribution < -0.4 is 0 Å². The smallest absolute Gasteiger partial charge is 0.335 e. The van der Waals surface area contributed by atoms with E-state index in [9.17, 15) is 0 Å². The summed E-state index contributed by atoms with van der Waals surface area (Å²) in [6, 6.07) is 51.0. The molecule has 0 saturated carbocycles. The van der Waals surface area contributed by atoms with Crippen LogP contribution in [0.2, 0.25) is 0 Å². The van der Waals surface area contributed by atoms with Crippen molar-refractivity contribution in [3.63, 3.8) is 0 Å². The van der Waals surface area contributed by atoms with Crippen molar-refractivity contribution in [3.8, 4) is 0 Å². The zero-order valence-corrected chi connectivity index (χ0v) is 25.7. The average molecular weight is 603 g/mol. The molecule has 2 aliphatic heterocycles. The number of benzene rings is 5. The molecule has 0 aliphatic carbocycles. The molecule has 6 heteroatoms. The Bertz CT molecular complexity index is 1470. The third-order valence-corrected chi connectivity index (χ3v) is 9.54. The Hall–Kier alpha value is -3.67. The zero-order valence-electron chi connectivity index (χ0n) is 24.8. The molecule has 5 aromatic rings. The molecule has 2 fully saturated rings. The Morgan fingerprint density at radius 3 is 1.16 bits per heavy atom. The normalized spacial score (nSPS) is 22.1. The second kappa shape index (κ2) is 12.0. The number of hydrogen-bond acceptors (Lipinski definition) is 5. The van der Waals surface area contributed by atoms with Gasteiger partial charge in [-0.15, -0.1) is 0 Å². The molecule has 222 valence electrons. The van der Waals surface area contributed by atoms with E-state index in [-0.39, 0.29) is 0 Å². The third-order valence-electron chi connectivity index (χ3n) is 8.32. The van der Waals surface area contributed by atoms with Crippen LogP contribution in [0.15, 0.2) is 152 Å². The number of ether oxygens (including phenoxy) is 2. The van der Waals surface area contributed by atoms with E-state index >= 15 is 0 Å². The van der Waals surface area contributed by atoms with Gasteiger partial charge >= 0.3 is 8.60 Å². The zero-order chi connectivity index (χ0) is 30.0. The van der Waals surface area contributed by atoms with Crippen LogP contribution in [0.25, 0.3) is 0 Å². The Morgan fingerprint density at radius 1 is 0.500 bits per heavy atom. The summed E-state index contributed by atoms with van der Waals surface area (Å²) in [5, 5.41) is 0. The first-order valence-electron chi connectivity index (χ1n) is 14.9. The highest BCUT2D eigenvalue weighted by atomic mass is 31.2. The first-order chi connectivity index (χ1) is 21.5. The first kappa shape index (κ1) is 29.1. The van der Waals surface area contributed by atoms with Crippen molar-refractivity contribution < 1.29 is 23.0 Å². The van der Waals surface area contributed by atoms with E-state index in [1.807, 2.05) is 117 Å². The Balaban J connectivity index is 1.51. The van der Waals surface area contributed by atoms with Gasteiger partial charge in [0.05, 0.1) is 6.61 Å². The van der Waals surface area contributed by atoms with Gasteiger partial charge in [0.25, 0.3) is 0 Å². The standard InChI is InChI=1S/C38H35O5P/c1-36(2)40-34-35(41-36)38(32-24-14-6-15-25-32,33-26-16-7-17-27-33)43-44(39-28-29-18-8-3-9-19-29)42-37(34,30-20-10-4-11-21-30)31-22-12-5-13-23-31/h3-27,34-35H,28H2,1-2H3/t34-,35-/m1/s1. The largest absolute Gasteiger partial charge is 0.341 e. The lowest BCUT2D eigenvalue weighted by Gasteiger charge is -2.41. The van der Waals surface area contributed by atoms with Crippen LogP contribution in [0.1, 0.15) is 41.7 Å². The number of hydrogen-bond donors (Lipinski definition) is 0. The maximum absolute atomic E-state index is 7.31. The quantitative estimate of drug-likeness (QED) is 0.174. The van der Waals surface area contributed by atoms with Crippen molar-refractivity contribution in [2.45, 2.75) is 49.7 Å². The van der Waals surface area contributed by atoms with E-state index in [2.05, 4.69) is 48.5 Å². The SMILES string of the molecule is CC1(C)O[C@@H]2[C@@H](O1)C(c1ccccc1)(c1ccccc1)OP(OCc1ccccc1)OC2(c1ccccc1)c1ccccc1. The van der Waals surface area contributed by atoms with Crippen molar-refractivity contribution in [2.75, 3.05) is 0 Å². The number of fused-ring (bicyclic) bond motifs is 1. The maximum Gasteiger partial charge on any atom is 0.335 e. The second-order valence-corrected chi connectivity index (χ2v) is 12.6. The van der Waals surface area contributed by atoms with Crippen molar-refractivity contribution in [1.29, 1.82) is 0 Å². The lowest BCUT2D eigenvalue weighted by Crippen LogP contribution is -2.53. The molecule has 2 aliphatic rings. The molecule has 5 aromatic carbocycles. The molecular formula is C38H35O5P. The second-order valence-electron chi connectivity index (χ2n) is 11.6. The summed E-state index contributed by atoms with van der Waals surface area (Å²) >= 11 is 0. The van der Waals surface area contributed by atoms with Crippen LogP contribution >= 0.6 is 8.60 Å². The van der Waals surface area contributed by atoms with Crippen molar-refractivity contribution in [1.82, 2.24) is 0 Å². The van der Waals surface area contributed by atoms with Gasteiger partial charge in [0.15, 0.2) is 17.0 Å². The van der Waals surface area contributed by atoms with Crippen LogP contribution in [-0.2, 0) is 40.9 Å². The van der Waals surface area contributed by atoms with Crippen molar-refractivity contribution >= 4 is 8.60 Å². The molecule has 0 bridgehead atoms. The predicted molar refractivity (Wildman–Crippen MR) is 171 cm³/mol. The Kier molecular flexibility index (Phi) is 7.94. The predicted octanol–water partition coefficient (Wildman–Crippen LogP) is 8.88. The lowest BCUT2D eigenvalue weighted by atomic mass is 9.72. The highest BCUT2D eigenvalue weighted by Gasteiger charge is 2.67. The van der Waals surface area contributed by atoms with Crippen LogP contribution in [-0.4, -0.2) is 18.0 Å². The van der Waals surface area contributed by atoms with E-state index in [1.54, 1.807) is 0 Å². The molecule has 0 unspecified atom stereocenters. The van der Waals surface area contributed by atoms with Crippen LogP contribution in [0.5, 0.6) is 0 Å². The Morgan fingerprint density at radius 2 is 0.818 bits per heavy atom. The average Bonchev–Trinajstić information content (AvgIpc) is 3.36. The first-order valence-corrected chi connectivity index (χ1v) is 16.0. The molecule has 2 heterocycles. The van der Waals surface area contributed by atoms with Crippen LogP contribution in [0.3, 0.4) is 0 Å². The summed E-state index contributed by atoms with van der Waals surface area (Å²) in [5.74, 6) is -0.934. The van der Waals surface area contributed by atoms with Crippen molar-refractivity contribution in [3.05, 3.63) is 179 Å². The molecule has 0 radical (unpaired) electrons. The van der Waals surface area contributed by atoms with Gasteiger partial charge in [0.1, 0.15) is 12.2 Å². The van der Waals surface area contributed by atoms with Gasteiger partial charge in [-0.25, -0.2) is 0 Å². The summed E-state index contributed by atoms with van der Waals surface area (Å²) in [4.78, 5) is 0. The fraction of sp³-hybridized carbons (Fsp3) is 0.211. The minimum Gasteiger partial charge on any atom is -0.341 e. The van der Waals surface area contributed by atoms with Crippen LogP contribution in [0.4, 0.5) is 0 Å². The molecule has 0 N–H and O–H groups in total. The fourth-order valence-electron chi connectivity index (χ4n) is 6.41. The molecule has 0 spiro atoms. The molecule has 2 atom stereocenters. The highest BCUT2D eigenvalue weighted by Crippen LogP contribution is 2.65. The van der Waals surface area contributed by atoms with Crippen molar-refractivity contribution in [2.24, 2.45) is 0 Å². The number of rotatable bonds is 7. The summed E-state index contributed by atoms with van der Waals surface area (Å²) in [6.45, 7) is 4.23. The molecule has 5 nitrogen and oxygen atoms in total. The fourth-order valence-corrected chi connectivity index (χ4v) is 7.91. The topological polar surface area (TPSA) is 46.2 Å². The minimum absolute atomic E-state index is 0.314. The van der Waals surface area contributed by atoms with E-state index < -0.39 is 37.8 Å². The monoisotopic (exact) mass is 602 g/mol. The molecule has 0 aromatic heterocycles. The molecule has 7 rings (SSSR count). The maximum atomic E-state index is 7.31. The van der Waals surface area contributed by atoms with Gasteiger partial charge in [-0.1, -0.05) is 152 Å². The highest BCUT2D eigenvalue weighted by molar-refractivity contribution is 7.41. The Labute approximate surface area is 260 Å². The molecular weight excluding hydrogens is 567 g/mol. The van der Waals surface area contributed by atoms with E-state index in [0.717, 1.165) is 27.8 Å². The van der Waals surface area contributed by atoms with E-state index in [4.69, 9.17) is 23.0 Å². The lowest BCUT2D eigenvalue weighted by molar-refractivity contribution is -0.176. The summed E-state index contributed by atoms with van der Waals surface area (Å²) in [5.41, 5.74) is 2.48. The molecule has 44 heavy (non-hydrogen) atoms. The summed E-state index contributed by atoms with van der Waals surface area (Å²) < 4.78 is 35.3. The van der Waals surface area contributed by atoms with E-state index in [1.165, 1.54) is 0 Å². The van der Waals surface area contributed by atoms with Gasteiger partial charge in [0, 0.05) is 0 Å². The van der Waals surface area contributed by atoms with Gasteiger partial charge in [0.2, 0.25) is 0 Å². The van der Waals surface area contributed by atoms with E-state index in [0.29, 0.717) is 6.61 Å². The van der Waals surface area contributed by atoms with Gasteiger partial charge in [-0.05, 0) is 41.7 Å². The summed E-state index contributed by atoms with van der Waals surface area (Å²) in [6.07, 6.45) is -1.26. The van der Waals surface area contributed by atoms with Gasteiger partial charge in [-0.2, -0.15) is 0 Å². The third kappa shape index (κ3) is 5.20. The van der Waals surface area contributed by atoms with Crippen LogP contribution in [0, 0.1) is 0 Å². The minimum atomic E-state index is -2.01. The van der Waals surface area contributed by atoms with Gasteiger partial charge in [-0.3, -0.25) is 9.05 Å². The molecule has 2 saturated heterocycles. The van der Waals surface area contributed by atoms with Gasteiger partial charge < -0.3 is 14.0 Å². The molecule has 0 amide bonds. The summed E-state index contributed by atoms with van der Waals surface area (Å²) in [7, 11) is -2.01.